The predicted molar refractivity (Wildman–Crippen MR) is 65.4 cm³/mol. The highest BCUT2D eigenvalue weighted by Crippen LogP contribution is 2.35. The zero-order valence-corrected chi connectivity index (χ0v) is 10.6. The zero-order chi connectivity index (χ0) is 11.6. The van der Waals surface area contributed by atoms with Gasteiger partial charge in [-0.15, -0.1) is 0 Å². The highest BCUT2D eigenvalue weighted by atomic mass is 32.2. The van der Waals surface area contributed by atoms with E-state index >= 15 is 0 Å². The third-order valence-corrected chi connectivity index (χ3v) is 5.51. The molecule has 2 aliphatic rings. The van der Waals surface area contributed by atoms with Gasteiger partial charge in [-0.2, -0.15) is 4.31 Å². The Morgan fingerprint density at radius 1 is 1.06 bits per heavy atom. The minimum atomic E-state index is -3.20. The van der Waals surface area contributed by atoms with Gasteiger partial charge in [0.05, 0.1) is 0 Å². The Kier molecular flexibility index (Phi) is 3.70. The highest BCUT2D eigenvalue weighted by Gasteiger charge is 2.37. The molecule has 0 amide bonds. The summed E-state index contributed by atoms with van der Waals surface area (Å²) in [6.45, 7) is 4.12. The van der Waals surface area contributed by atoms with Crippen LogP contribution in [-0.4, -0.2) is 25.3 Å². The van der Waals surface area contributed by atoms with Crippen molar-refractivity contribution in [2.24, 2.45) is 5.92 Å². The number of rotatable bonds is 3. The standard InChI is InChI=1S/C12H21NO2S/c1-2-16(14,15)13-10-6-9-12(13)11-7-4-3-5-8-11/h2,11-12H,1,3-10H2. The van der Waals surface area contributed by atoms with Gasteiger partial charge < -0.3 is 0 Å². The second-order valence-electron chi connectivity index (χ2n) is 4.93. The summed E-state index contributed by atoms with van der Waals surface area (Å²) in [6.07, 6.45) is 8.30. The first kappa shape index (κ1) is 12.1. The van der Waals surface area contributed by atoms with Gasteiger partial charge in [-0.3, -0.25) is 0 Å². The first-order valence-electron chi connectivity index (χ1n) is 6.29. The molecule has 1 aliphatic carbocycles. The molecule has 1 saturated heterocycles. The molecule has 0 N–H and O–H groups in total. The van der Waals surface area contributed by atoms with Crippen molar-refractivity contribution < 1.29 is 8.42 Å². The van der Waals surface area contributed by atoms with Crippen molar-refractivity contribution in [1.82, 2.24) is 4.31 Å². The first-order valence-corrected chi connectivity index (χ1v) is 7.80. The molecule has 2 fully saturated rings. The molecule has 16 heavy (non-hydrogen) atoms. The smallest absolute Gasteiger partial charge is 0.208 e. The maximum atomic E-state index is 11.9. The van der Waals surface area contributed by atoms with E-state index in [1.165, 1.54) is 32.1 Å². The number of hydrogen-bond donors (Lipinski definition) is 0. The Morgan fingerprint density at radius 2 is 1.75 bits per heavy atom. The third-order valence-electron chi connectivity index (χ3n) is 3.98. The first-order chi connectivity index (χ1) is 7.65. The molecule has 1 heterocycles. The molecule has 3 nitrogen and oxygen atoms in total. The van der Waals surface area contributed by atoms with Crippen LogP contribution >= 0.6 is 0 Å². The molecule has 4 heteroatoms. The highest BCUT2D eigenvalue weighted by molar-refractivity contribution is 7.92. The van der Waals surface area contributed by atoms with Crippen molar-refractivity contribution in [3.05, 3.63) is 12.0 Å². The molecule has 0 aromatic rings. The number of sulfonamides is 1. The van der Waals surface area contributed by atoms with E-state index in [0.29, 0.717) is 12.5 Å². The van der Waals surface area contributed by atoms with Crippen molar-refractivity contribution in [2.75, 3.05) is 6.54 Å². The Hall–Kier alpha value is -0.350. The molecule has 0 bridgehead atoms. The summed E-state index contributed by atoms with van der Waals surface area (Å²) in [5.41, 5.74) is 0. The predicted octanol–water partition coefficient (Wildman–Crippen LogP) is 2.50. The minimum Gasteiger partial charge on any atom is -0.208 e. The molecule has 1 aliphatic heterocycles. The molecule has 0 aromatic carbocycles. The van der Waals surface area contributed by atoms with E-state index in [2.05, 4.69) is 6.58 Å². The van der Waals surface area contributed by atoms with E-state index in [0.717, 1.165) is 18.2 Å². The molecule has 1 saturated carbocycles. The summed E-state index contributed by atoms with van der Waals surface area (Å²) in [7, 11) is -3.20. The molecular weight excluding hydrogens is 222 g/mol. The normalized spacial score (nSPS) is 29.4. The molecule has 92 valence electrons. The second-order valence-corrected chi connectivity index (χ2v) is 6.76. The molecule has 0 radical (unpaired) electrons. The average Bonchev–Trinajstić information content (AvgIpc) is 2.80. The van der Waals surface area contributed by atoms with Crippen molar-refractivity contribution >= 4 is 10.0 Å². The van der Waals surface area contributed by atoms with Gasteiger partial charge in [0, 0.05) is 18.0 Å². The maximum Gasteiger partial charge on any atom is 0.235 e. The van der Waals surface area contributed by atoms with Crippen molar-refractivity contribution in [2.45, 2.75) is 51.0 Å². The topological polar surface area (TPSA) is 37.4 Å². The fourth-order valence-corrected chi connectivity index (χ4v) is 4.40. The van der Waals surface area contributed by atoms with Gasteiger partial charge in [-0.1, -0.05) is 25.8 Å². The van der Waals surface area contributed by atoms with Gasteiger partial charge >= 0.3 is 0 Å². The van der Waals surface area contributed by atoms with Crippen LogP contribution in [0.5, 0.6) is 0 Å². The van der Waals surface area contributed by atoms with Crippen LogP contribution in [0.4, 0.5) is 0 Å². The summed E-state index contributed by atoms with van der Waals surface area (Å²) < 4.78 is 25.4. The fourth-order valence-electron chi connectivity index (χ4n) is 3.17. The van der Waals surface area contributed by atoms with E-state index in [1.54, 1.807) is 4.31 Å². The number of hydrogen-bond acceptors (Lipinski definition) is 2. The van der Waals surface area contributed by atoms with E-state index in [4.69, 9.17) is 0 Å². The van der Waals surface area contributed by atoms with Gasteiger partial charge in [-0.25, -0.2) is 8.42 Å². The Bertz CT molecular complexity index is 344. The Labute approximate surface area is 98.6 Å². The molecule has 1 unspecified atom stereocenters. The van der Waals surface area contributed by atoms with Gasteiger partial charge in [0.2, 0.25) is 10.0 Å². The summed E-state index contributed by atoms with van der Waals surface area (Å²) in [5.74, 6) is 0.589. The van der Waals surface area contributed by atoms with Crippen LogP contribution < -0.4 is 0 Å². The minimum absolute atomic E-state index is 0.253. The average molecular weight is 243 g/mol. The van der Waals surface area contributed by atoms with Gasteiger partial charge in [0.1, 0.15) is 0 Å². The van der Waals surface area contributed by atoms with Crippen LogP contribution in [0.25, 0.3) is 0 Å². The Morgan fingerprint density at radius 3 is 2.38 bits per heavy atom. The van der Waals surface area contributed by atoms with Gasteiger partial charge in [0.25, 0.3) is 0 Å². The molecular formula is C12H21NO2S. The van der Waals surface area contributed by atoms with Crippen molar-refractivity contribution in [3.8, 4) is 0 Å². The molecule has 0 aromatic heterocycles. The summed E-state index contributed by atoms with van der Waals surface area (Å²) in [4.78, 5) is 0. The maximum absolute atomic E-state index is 11.9. The largest absolute Gasteiger partial charge is 0.235 e. The quantitative estimate of drug-likeness (QED) is 0.763. The van der Waals surface area contributed by atoms with Crippen LogP contribution in [0.15, 0.2) is 12.0 Å². The lowest BCUT2D eigenvalue weighted by atomic mass is 9.83. The van der Waals surface area contributed by atoms with Crippen molar-refractivity contribution in [1.29, 1.82) is 0 Å². The lowest BCUT2D eigenvalue weighted by Crippen LogP contribution is -2.39. The second kappa shape index (κ2) is 4.88. The molecule has 1 atom stereocenters. The van der Waals surface area contributed by atoms with Crippen LogP contribution in [0.2, 0.25) is 0 Å². The lowest BCUT2D eigenvalue weighted by molar-refractivity contribution is 0.228. The zero-order valence-electron chi connectivity index (χ0n) is 9.77. The summed E-state index contributed by atoms with van der Waals surface area (Å²) in [6, 6.07) is 0.253. The summed E-state index contributed by atoms with van der Waals surface area (Å²) in [5, 5.41) is 1.11. The van der Waals surface area contributed by atoms with Crippen molar-refractivity contribution in [3.63, 3.8) is 0 Å². The number of nitrogens with zero attached hydrogens (tertiary/aromatic N) is 1. The van der Waals surface area contributed by atoms with Crippen LogP contribution in [-0.2, 0) is 10.0 Å². The van der Waals surface area contributed by atoms with E-state index in [1.807, 2.05) is 0 Å². The molecule has 2 rings (SSSR count). The van der Waals surface area contributed by atoms with Crippen LogP contribution in [0.1, 0.15) is 44.9 Å². The van der Waals surface area contributed by atoms with Gasteiger partial charge in [-0.05, 0) is 31.6 Å². The third kappa shape index (κ3) is 2.33. The van der Waals surface area contributed by atoms with E-state index in [9.17, 15) is 8.42 Å². The van der Waals surface area contributed by atoms with Gasteiger partial charge in [0.15, 0.2) is 0 Å². The van der Waals surface area contributed by atoms with Crippen LogP contribution in [0.3, 0.4) is 0 Å². The fraction of sp³-hybridized carbons (Fsp3) is 0.833. The van der Waals surface area contributed by atoms with E-state index in [-0.39, 0.29) is 6.04 Å². The SMILES string of the molecule is C=CS(=O)(=O)N1CCCC1C1CCCCC1. The summed E-state index contributed by atoms with van der Waals surface area (Å²) >= 11 is 0. The van der Waals surface area contributed by atoms with E-state index < -0.39 is 10.0 Å². The molecule has 0 spiro atoms. The monoisotopic (exact) mass is 243 g/mol. The van der Waals surface area contributed by atoms with Crippen LogP contribution in [0, 0.1) is 5.92 Å². The lowest BCUT2D eigenvalue weighted by Gasteiger charge is -2.32. The Balaban J connectivity index is 2.11.